The molecule has 0 saturated carbocycles. The van der Waals surface area contributed by atoms with Crippen molar-refractivity contribution in [1.82, 2.24) is 15.5 Å². The Bertz CT molecular complexity index is 914. The number of nitrogens with one attached hydrogen (secondary N) is 2. The molecule has 0 aliphatic heterocycles. The molecule has 0 radical (unpaired) electrons. The molecule has 0 aliphatic rings. The van der Waals surface area contributed by atoms with E-state index in [1.807, 2.05) is 55.5 Å². The molecule has 6 nitrogen and oxygen atoms in total. The highest BCUT2D eigenvalue weighted by Crippen LogP contribution is 2.27. The van der Waals surface area contributed by atoms with Gasteiger partial charge in [-0.05, 0) is 30.7 Å². The summed E-state index contributed by atoms with van der Waals surface area (Å²) in [4.78, 5) is 12.1. The van der Waals surface area contributed by atoms with Crippen molar-refractivity contribution in [2.45, 2.75) is 17.8 Å². The Morgan fingerprint density at radius 1 is 1.19 bits per heavy atom. The Morgan fingerprint density at radius 3 is 2.85 bits per heavy atom. The summed E-state index contributed by atoms with van der Waals surface area (Å²) >= 11 is 2.80. The molecule has 27 heavy (non-hydrogen) atoms. The van der Waals surface area contributed by atoms with E-state index in [-0.39, 0.29) is 11.7 Å². The molecule has 2 aromatic carbocycles. The lowest BCUT2D eigenvalue weighted by molar-refractivity contribution is -0.118. The van der Waals surface area contributed by atoms with Crippen molar-refractivity contribution in [2.24, 2.45) is 0 Å². The molecule has 1 aromatic heterocycles. The molecule has 8 heteroatoms. The minimum atomic E-state index is -0.0608. The molecular formula is C19H20N4O2S2. The van der Waals surface area contributed by atoms with E-state index in [1.165, 1.54) is 28.7 Å². The number of hydrogen-bond acceptors (Lipinski definition) is 7. The van der Waals surface area contributed by atoms with E-state index in [1.54, 1.807) is 7.11 Å². The van der Waals surface area contributed by atoms with Crippen molar-refractivity contribution < 1.29 is 9.53 Å². The molecule has 0 unspecified atom stereocenters. The third-order valence-corrected chi connectivity index (χ3v) is 5.64. The van der Waals surface area contributed by atoms with Crippen LogP contribution in [0.5, 0.6) is 5.75 Å². The number of aryl methyl sites for hydroxylation is 1. The molecule has 0 aliphatic carbocycles. The molecule has 0 fully saturated rings. The lowest BCUT2D eigenvalue weighted by atomic mass is 10.2. The molecule has 0 saturated heterocycles. The largest absolute Gasteiger partial charge is 0.496 e. The van der Waals surface area contributed by atoms with Gasteiger partial charge in [0.2, 0.25) is 11.0 Å². The van der Waals surface area contributed by atoms with Crippen molar-refractivity contribution in [1.29, 1.82) is 0 Å². The van der Waals surface area contributed by atoms with Gasteiger partial charge in [0.15, 0.2) is 4.34 Å². The van der Waals surface area contributed by atoms with E-state index in [0.717, 1.165) is 21.3 Å². The number of carbonyl (C=O) groups is 1. The lowest BCUT2D eigenvalue weighted by Gasteiger charge is -2.09. The van der Waals surface area contributed by atoms with Gasteiger partial charge < -0.3 is 15.4 Å². The molecule has 140 valence electrons. The standard InChI is InChI=1S/C19H20N4O2S2/c1-13-6-5-8-15(10-13)21-18-22-23-19(27-18)26-12-17(24)20-11-14-7-3-4-9-16(14)25-2/h3-10H,11-12H2,1-2H3,(H,20,24)(H,21,22). The summed E-state index contributed by atoms with van der Waals surface area (Å²) < 4.78 is 6.03. The van der Waals surface area contributed by atoms with Crippen LogP contribution in [0, 0.1) is 6.92 Å². The van der Waals surface area contributed by atoms with Crippen LogP contribution in [0.15, 0.2) is 52.9 Å². The Kier molecular flexibility index (Phi) is 6.67. The molecule has 1 heterocycles. The number of para-hydroxylation sites is 1. The predicted molar refractivity (Wildman–Crippen MR) is 110 cm³/mol. The van der Waals surface area contributed by atoms with Gasteiger partial charge in [-0.25, -0.2) is 0 Å². The fourth-order valence-corrected chi connectivity index (χ4v) is 3.99. The number of ether oxygens (including phenoxy) is 1. The maximum absolute atomic E-state index is 12.1. The summed E-state index contributed by atoms with van der Waals surface area (Å²) in [5.41, 5.74) is 3.09. The number of carbonyl (C=O) groups excluding carboxylic acids is 1. The van der Waals surface area contributed by atoms with Crippen molar-refractivity contribution in [3.8, 4) is 5.75 Å². The molecule has 0 spiro atoms. The Labute approximate surface area is 166 Å². The molecule has 1 amide bonds. The van der Waals surface area contributed by atoms with Gasteiger partial charge in [0.25, 0.3) is 0 Å². The Hall–Kier alpha value is -2.58. The zero-order chi connectivity index (χ0) is 19.1. The van der Waals surface area contributed by atoms with Gasteiger partial charge in [-0.1, -0.05) is 53.4 Å². The highest BCUT2D eigenvalue weighted by molar-refractivity contribution is 8.01. The third-order valence-electron chi connectivity index (χ3n) is 3.67. The summed E-state index contributed by atoms with van der Waals surface area (Å²) in [5, 5.41) is 15.1. The number of benzene rings is 2. The normalized spacial score (nSPS) is 10.4. The first-order chi connectivity index (χ1) is 13.1. The second-order valence-corrected chi connectivity index (χ2v) is 7.94. The summed E-state index contributed by atoms with van der Waals surface area (Å²) in [6, 6.07) is 15.7. The molecule has 0 atom stereocenters. The van der Waals surface area contributed by atoms with Crippen molar-refractivity contribution in [3.05, 3.63) is 59.7 Å². The minimum Gasteiger partial charge on any atom is -0.496 e. The van der Waals surface area contributed by atoms with Gasteiger partial charge in [-0.3, -0.25) is 4.79 Å². The predicted octanol–water partition coefficient (Wildman–Crippen LogP) is 4.01. The number of methoxy groups -OCH3 is 1. The fraction of sp³-hybridized carbons (Fsp3) is 0.211. The van der Waals surface area contributed by atoms with Crippen LogP contribution in [0.1, 0.15) is 11.1 Å². The first-order valence-corrected chi connectivity index (χ1v) is 10.1. The van der Waals surface area contributed by atoms with Crippen LogP contribution in [-0.2, 0) is 11.3 Å². The second-order valence-electron chi connectivity index (χ2n) is 5.74. The molecular weight excluding hydrogens is 380 g/mol. The van der Waals surface area contributed by atoms with Crippen LogP contribution in [0.4, 0.5) is 10.8 Å². The quantitative estimate of drug-likeness (QED) is 0.557. The van der Waals surface area contributed by atoms with Crippen LogP contribution in [0.2, 0.25) is 0 Å². The zero-order valence-electron chi connectivity index (χ0n) is 15.1. The SMILES string of the molecule is COc1ccccc1CNC(=O)CSc1nnc(Nc2cccc(C)c2)s1. The minimum absolute atomic E-state index is 0.0608. The number of anilines is 2. The van der Waals surface area contributed by atoms with E-state index < -0.39 is 0 Å². The summed E-state index contributed by atoms with van der Waals surface area (Å²) in [6.45, 7) is 2.47. The first kappa shape index (κ1) is 19.2. The molecule has 2 N–H and O–H groups in total. The first-order valence-electron chi connectivity index (χ1n) is 8.32. The van der Waals surface area contributed by atoms with Crippen LogP contribution < -0.4 is 15.4 Å². The third kappa shape index (κ3) is 5.70. The molecule has 3 rings (SSSR count). The monoisotopic (exact) mass is 400 g/mol. The molecule has 3 aromatic rings. The number of hydrogen-bond donors (Lipinski definition) is 2. The van der Waals surface area contributed by atoms with Gasteiger partial charge in [-0.15, -0.1) is 10.2 Å². The van der Waals surface area contributed by atoms with Gasteiger partial charge in [0.05, 0.1) is 12.9 Å². The highest BCUT2D eigenvalue weighted by Gasteiger charge is 2.09. The van der Waals surface area contributed by atoms with Gasteiger partial charge in [-0.2, -0.15) is 0 Å². The zero-order valence-corrected chi connectivity index (χ0v) is 16.7. The van der Waals surface area contributed by atoms with Gasteiger partial charge in [0.1, 0.15) is 5.75 Å². The van der Waals surface area contributed by atoms with E-state index in [2.05, 4.69) is 20.8 Å². The number of aromatic nitrogens is 2. The topological polar surface area (TPSA) is 76.1 Å². The van der Waals surface area contributed by atoms with Crippen LogP contribution in [0.25, 0.3) is 0 Å². The van der Waals surface area contributed by atoms with Crippen LogP contribution in [0.3, 0.4) is 0 Å². The smallest absolute Gasteiger partial charge is 0.230 e. The van der Waals surface area contributed by atoms with Crippen molar-refractivity contribution >= 4 is 39.8 Å². The maximum Gasteiger partial charge on any atom is 0.230 e. The number of amides is 1. The molecule has 0 bridgehead atoms. The summed E-state index contributed by atoms with van der Waals surface area (Å²) in [5.74, 6) is 0.990. The van der Waals surface area contributed by atoms with Gasteiger partial charge >= 0.3 is 0 Å². The maximum atomic E-state index is 12.1. The fourth-order valence-electron chi connectivity index (χ4n) is 2.39. The second kappa shape index (κ2) is 9.38. The average Bonchev–Trinajstić information content (AvgIpc) is 3.12. The highest BCUT2D eigenvalue weighted by atomic mass is 32.2. The van der Waals surface area contributed by atoms with Crippen molar-refractivity contribution in [3.63, 3.8) is 0 Å². The summed E-state index contributed by atoms with van der Waals surface area (Å²) in [7, 11) is 1.62. The van der Waals surface area contributed by atoms with Crippen molar-refractivity contribution in [2.75, 3.05) is 18.2 Å². The van der Waals surface area contributed by atoms with E-state index >= 15 is 0 Å². The van der Waals surface area contributed by atoms with E-state index in [0.29, 0.717) is 11.7 Å². The number of rotatable bonds is 8. The summed E-state index contributed by atoms with van der Waals surface area (Å²) in [6.07, 6.45) is 0. The number of thioether (sulfide) groups is 1. The number of nitrogens with zero attached hydrogens (tertiary/aromatic N) is 2. The Morgan fingerprint density at radius 2 is 2.04 bits per heavy atom. The lowest BCUT2D eigenvalue weighted by Crippen LogP contribution is -2.24. The van der Waals surface area contributed by atoms with E-state index in [4.69, 9.17) is 4.74 Å². The van der Waals surface area contributed by atoms with Gasteiger partial charge in [0, 0.05) is 17.8 Å². The van der Waals surface area contributed by atoms with Crippen LogP contribution >= 0.6 is 23.1 Å². The van der Waals surface area contributed by atoms with Crippen LogP contribution in [-0.4, -0.2) is 29.0 Å². The Balaban J connectivity index is 1.47. The van der Waals surface area contributed by atoms with E-state index in [9.17, 15) is 4.79 Å². The average molecular weight is 401 g/mol.